The summed E-state index contributed by atoms with van der Waals surface area (Å²) in [4.78, 5) is 13.4. The first-order valence-corrected chi connectivity index (χ1v) is 7.46. The molecule has 0 aliphatic carbocycles. The molecule has 2 aliphatic heterocycles. The van der Waals surface area contributed by atoms with Gasteiger partial charge in [-0.1, -0.05) is 13.0 Å². The van der Waals surface area contributed by atoms with E-state index in [1.54, 1.807) is 6.07 Å². The molecule has 0 bridgehead atoms. The molecule has 6 heteroatoms. The largest absolute Gasteiger partial charge is 0.490 e. The van der Waals surface area contributed by atoms with E-state index in [0.29, 0.717) is 29.3 Å². The maximum Gasteiger partial charge on any atom is 0.333 e. The van der Waals surface area contributed by atoms with Gasteiger partial charge in [-0.2, -0.15) is 0 Å². The highest BCUT2D eigenvalue weighted by Crippen LogP contribution is 2.44. The van der Waals surface area contributed by atoms with Crippen LogP contribution in [-0.4, -0.2) is 37.7 Å². The van der Waals surface area contributed by atoms with Crippen molar-refractivity contribution in [3.8, 4) is 5.75 Å². The monoisotopic (exact) mass is 291 g/mol. The Kier molecular flexibility index (Phi) is 3.71. The van der Waals surface area contributed by atoms with E-state index in [-0.39, 0.29) is 10.6 Å². The normalized spacial score (nSPS) is 27.7. The van der Waals surface area contributed by atoms with Gasteiger partial charge in [-0.05, 0) is 30.4 Å². The molecule has 0 spiro atoms. The molecule has 2 heterocycles. The van der Waals surface area contributed by atoms with E-state index in [9.17, 15) is 10.1 Å². The first-order valence-electron chi connectivity index (χ1n) is 7.46. The van der Waals surface area contributed by atoms with Gasteiger partial charge >= 0.3 is 5.69 Å². The van der Waals surface area contributed by atoms with Gasteiger partial charge in [-0.3, -0.25) is 10.1 Å². The lowest BCUT2D eigenvalue weighted by Gasteiger charge is -2.28. The minimum absolute atomic E-state index is 0.0892. The Morgan fingerprint density at radius 3 is 2.95 bits per heavy atom. The van der Waals surface area contributed by atoms with Crippen LogP contribution in [0.1, 0.15) is 13.3 Å². The van der Waals surface area contributed by atoms with E-state index in [0.717, 1.165) is 26.1 Å². The van der Waals surface area contributed by atoms with E-state index in [4.69, 9.17) is 4.74 Å². The van der Waals surface area contributed by atoms with Gasteiger partial charge in [-0.25, -0.2) is 0 Å². The fourth-order valence-electron chi connectivity index (χ4n) is 3.91. The van der Waals surface area contributed by atoms with Crippen LogP contribution in [0.25, 0.3) is 0 Å². The zero-order valence-electron chi connectivity index (χ0n) is 12.4. The molecular formula is C15H21N3O3. The second kappa shape index (κ2) is 5.52. The van der Waals surface area contributed by atoms with E-state index in [1.165, 1.54) is 7.11 Å². The number of benzene rings is 1. The molecule has 0 aromatic heterocycles. The number of ether oxygens (including phenoxy) is 1. The predicted octanol–water partition coefficient (Wildman–Crippen LogP) is 2.04. The van der Waals surface area contributed by atoms with E-state index in [2.05, 4.69) is 17.1 Å². The molecule has 3 unspecified atom stereocenters. The molecule has 1 aromatic carbocycles. The number of anilines is 1. The number of methoxy groups -OCH3 is 1. The smallest absolute Gasteiger partial charge is 0.333 e. The molecule has 3 atom stereocenters. The molecule has 2 saturated heterocycles. The Bertz CT molecular complexity index is 549. The zero-order valence-corrected chi connectivity index (χ0v) is 12.4. The van der Waals surface area contributed by atoms with Gasteiger partial charge in [0.1, 0.15) is 5.69 Å². The number of hydrogen-bond acceptors (Lipinski definition) is 5. The summed E-state index contributed by atoms with van der Waals surface area (Å²) in [5.74, 6) is 1.50. The van der Waals surface area contributed by atoms with Crippen molar-refractivity contribution in [3.05, 3.63) is 28.3 Å². The van der Waals surface area contributed by atoms with E-state index in [1.807, 2.05) is 12.1 Å². The van der Waals surface area contributed by atoms with Crippen molar-refractivity contribution in [1.29, 1.82) is 0 Å². The standard InChI is InChI=1S/C15H21N3O3/c1-3-12-11-8-16-7-10(11)9-17(12)13-5-4-6-14(21-2)15(13)18(19)20/h4-6,10-12,16H,3,7-9H2,1-2H3. The van der Waals surface area contributed by atoms with Crippen molar-refractivity contribution in [2.24, 2.45) is 11.8 Å². The Hall–Kier alpha value is -1.82. The first-order chi connectivity index (χ1) is 10.2. The quantitative estimate of drug-likeness (QED) is 0.679. The fraction of sp³-hybridized carbons (Fsp3) is 0.600. The number of rotatable bonds is 4. The van der Waals surface area contributed by atoms with Crippen LogP contribution >= 0.6 is 0 Å². The maximum atomic E-state index is 11.5. The van der Waals surface area contributed by atoms with Crippen LogP contribution in [0.4, 0.5) is 11.4 Å². The SMILES string of the molecule is CCC1C2CNCC2CN1c1cccc(OC)c1[N+](=O)[O-]. The summed E-state index contributed by atoms with van der Waals surface area (Å²) in [7, 11) is 1.48. The van der Waals surface area contributed by atoms with Crippen LogP contribution < -0.4 is 15.0 Å². The molecule has 0 saturated carbocycles. The maximum absolute atomic E-state index is 11.5. The number of para-hydroxylation sites is 1. The van der Waals surface area contributed by atoms with Crippen LogP contribution in [0.2, 0.25) is 0 Å². The topological polar surface area (TPSA) is 67.6 Å². The van der Waals surface area contributed by atoms with Crippen molar-refractivity contribution in [2.75, 3.05) is 31.6 Å². The van der Waals surface area contributed by atoms with Crippen molar-refractivity contribution in [3.63, 3.8) is 0 Å². The van der Waals surface area contributed by atoms with Crippen LogP contribution in [-0.2, 0) is 0 Å². The van der Waals surface area contributed by atoms with Gasteiger partial charge in [0.2, 0.25) is 0 Å². The Morgan fingerprint density at radius 1 is 1.48 bits per heavy atom. The molecule has 1 N–H and O–H groups in total. The van der Waals surface area contributed by atoms with Crippen molar-refractivity contribution >= 4 is 11.4 Å². The highest BCUT2D eigenvalue weighted by molar-refractivity contribution is 5.70. The minimum Gasteiger partial charge on any atom is -0.490 e. The average Bonchev–Trinajstić information content (AvgIpc) is 3.06. The summed E-state index contributed by atoms with van der Waals surface area (Å²) in [6, 6.07) is 5.69. The molecule has 0 radical (unpaired) electrons. The summed E-state index contributed by atoms with van der Waals surface area (Å²) < 4.78 is 5.19. The van der Waals surface area contributed by atoms with Crippen LogP contribution in [0.5, 0.6) is 5.75 Å². The molecule has 2 fully saturated rings. The van der Waals surface area contributed by atoms with Gasteiger partial charge in [0.25, 0.3) is 0 Å². The second-order valence-electron chi connectivity index (χ2n) is 5.80. The van der Waals surface area contributed by atoms with Gasteiger partial charge in [-0.15, -0.1) is 0 Å². The molecule has 2 aliphatic rings. The van der Waals surface area contributed by atoms with Crippen molar-refractivity contribution < 1.29 is 9.66 Å². The number of nitrogens with one attached hydrogen (secondary N) is 1. The number of nitro benzene ring substituents is 1. The molecule has 21 heavy (non-hydrogen) atoms. The Morgan fingerprint density at radius 2 is 2.29 bits per heavy atom. The minimum atomic E-state index is -0.326. The molecule has 0 amide bonds. The number of nitro groups is 1. The lowest BCUT2D eigenvalue weighted by atomic mass is 9.93. The predicted molar refractivity (Wildman–Crippen MR) is 80.9 cm³/mol. The third-order valence-corrected chi connectivity index (χ3v) is 4.83. The van der Waals surface area contributed by atoms with E-state index >= 15 is 0 Å². The number of hydrogen-bond donors (Lipinski definition) is 1. The Labute approximate surface area is 124 Å². The third kappa shape index (κ3) is 2.23. The van der Waals surface area contributed by atoms with Gasteiger partial charge < -0.3 is 15.0 Å². The van der Waals surface area contributed by atoms with Gasteiger partial charge in [0.05, 0.1) is 12.0 Å². The van der Waals surface area contributed by atoms with E-state index < -0.39 is 0 Å². The molecular weight excluding hydrogens is 270 g/mol. The first kappa shape index (κ1) is 14.1. The molecule has 114 valence electrons. The summed E-state index contributed by atoms with van der Waals surface area (Å²) in [6.07, 6.45) is 0.997. The molecule has 3 rings (SSSR count). The lowest BCUT2D eigenvalue weighted by molar-refractivity contribution is -0.385. The highest BCUT2D eigenvalue weighted by Gasteiger charge is 2.45. The number of fused-ring (bicyclic) bond motifs is 1. The summed E-state index contributed by atoms with van der Waals surface area (Å²) >= 11 is 0. The summed E-state index contributed by atoms with van der Waals surface area (Å²) in [5.41, 5.74) is 0.784. The summed E-state index contributed by atoms with van der Waals surface area (Å²) in [6.45, 7) is 5.06. The van der Waals surface area contributed by atoms with Crippen molar-refractivity contribution in [2.45, 2.75) is 19.4 Å². The van der Waals surface area contributed by atoms with Crippen molar-refractivity contribution in [1.82, 2.24) is 5.32 Å². The average molecular weight is 291 g/mol. The zero-order chi connectivity index (χ0) is 15.0. The van der Waals surface area contributed by atoms with Crippen LogP contribution in [0.15, 0.2) is 18.2 Å². The van der Waals surface area contributed by atoms with Crippen LogP contribution in [0, 0.1) is 22.0 Å². The Balaban J connectivity index is 2.02. The third-order valence-electron chi connectivity index (χ3n) is 4.83. The van der Waals surface area contributed by atoms with Gasteiger partial charge in [0, 0.05) is 25.7 Å². The molecule has 1 aromatic rings. The highest BCUT2D eigenvalue weighted by atomic mass is 16.6. The lowest BCUT2D eigenvalue weighted by Crippen LogP contribution is -2.35. The van der Waals surface area contributed by atoms with Crippen LogP contribution in [0.3, 0.4) is 0 Å². The summed E-state index contributed by atoms with van der Waals surface area (Å²) in [5, 5.41) is 14.9. The second-order valence-corrected chi connectivity index (χ2v) is 5.80. The fourth-order valence-corrected chi connectivity index (χ4v) is 3.91. The van der Waals surface area contributed by atoms with Gasteiger partial charge in [0.15, 0.2) is 5.75 Å². The number of nitrogens with zero attached hydrogens (tertiary/aromatic N) is 2. The molecule has 6 nitrogen and oxygen atoms in total.